The summed E-state index contributed by atoms with van der Waals surface area (Å²) in [7, 11) is 0. The van der Waals surface area contributed by atoms with Crippen LogP contribution in [0.2, 0.25) is 0 Å². The zero-order valence-corrected chi connectivity index (χ0v) is 12.6. The summed E-state index contributed by atoms with van der Waals surface area (Å²) < 4.78 is 10.9. The second-order valence-electron chi connectivity index (χ2n) is 5.78. The molecule has 1 aliphatic rings. The van der Waals surface area contributed by atoms with Crippen LogP contribution in [0.15, 0.2) is 28.7 Å². The highest BCUT2D eigenvalue weighted by atomic mass is 16.5. The van der Waals surface area contributed by atoms with Crippen molar-refractivity contribution in [3.63, 3.8) is 0 Å². The van der Waals surface area contributed by atoms with Crippen molar-refractivity contribution in [3.8, 4) is 0 Å². The Morgan fingerprint density at radius 2 is 2.09 bits per heavy atom. The lowest BCUT2D eigenvalue weighted by Crippen LogP contribution is -2.58. The molecule has 22 heavy (non-hydrogen) atoms. The van der Waals surface area contributed by atoms with Crippen molar-refractivity contribution >= 4 is 22.8 Å². The number of morpholine rings is 1. The van der Waals surface area contributed by atoms with Gasteiger partial charge in [0.05, 0.1) is 13.2 Å². The number of primary amides is 1. The molecule has 0 bridgehead atoms. The standard InChI is InChI=1S/C16H18N2O4/c1-10-7-12-8-11(3-4-13(12)22-10)14(19)18-5-6-21-16(2,9-18)15(17)20/h3-4,7-8H,5-6,9H2,1-2H3,(H2,17,20). The van der Waals surface area contributed by atoms with Gasteiger partial charge in [-0.1, -0.05) is 0 Å². The highest BCUT2D eigenvalue weighted by Gasteiger charge is 2.39. The van der Waals surface area contributed by atoms with Gasteiger partial charge in [0.15, 0.2) is 5.60 Å². The Labute approximate surface area is 127 Å². The van der Waals surface area contributed by atoms with Crippen molar-refractivity contribution in [2.24, 2.45) is 5.73 Å². The van der Waals surface area contributed by atoms with Crippen LogP contribution in [0, 0.1) is 6.92 Å². The van der Waals surface area contributed by atoms with Crippen LogP contribution >= 0.6 is 0 Å². The molecule has 6 heteroatoms. The molecule has 1 saturated heterocycles. The fraction of sp³-hybridized carbons (Fsp3) is 0.375. The van der Waals surface area contributed by atoms with Crippen LogP contribution in [0.3, 0.4) is 0 Å². The second kappa shape index (κ2) is 5.14. The molecular weight excluding hydrogens is 284 g/mol. The minimum absolute atomic E-state index is 0.142. The van der Waals surface area contributed by atoms with Gasteiger partial charge < -0.3 is 19.8 Å². The lowest BCUT2D eigenvalue weighted by atomic mass is 10.0. The van der Waals surface area contributed by atoms with E-state index in [0.29, 0.717) is 12.1 Å². The number of fused-ring (bicyclic) bond motifs is 1. The van der Waals surface area contributed by atoms with E-state index in [0.717, 1.165) is 16.7 Å². The summed E-state index contributed by atoms with van der Waals surface area (Å²) in [6.07, 6.45) is 0. The van der Waals surface area contributed by atoms with Crippen LogP contribution in [-0.2, 0) is 9.53 Å². The van der Waals surface area contributed by atoms with Gasteiger partial charge in [0, 0.05) is 17.5 Å². The van der Waals surface area contributed by atoms with Crippen LogP contribution in [0.1, 0.15) is 23.0 Å². The number of ether oxygens (including phenoxy) is 1. The van der Waals surface area contributed by atoms with Crippen molar-refractivity contribution in [1.29, 1.82) is 0 Å². The van der Waals surface area contributed by atoms with Gasteiger partial charge in [-0.15, -0.1) is 0 Å². The number of nitrogens with zero attached hydrogens (tertiary/aromatic N) is 1. The predicted molar refractivity (Wildman–Crippen MR) is 80.4 cm³/mol. The number of nitrogens with two attached hydrogens (primary N) is 1. The molecule has 0 saturated carbocycles. The first kappa shape index (κ1) is 14.6. The number of hydrogen-bond acceptors (Lipinski definition) is 4. The van der Waals surface area contributed by atoms with Crippen molar-refractivity contribution in [2.75, 3.05) is 19.7 Å². The van der Waals surface area contributed by atoms with Crippen LogP contribution in [0.5, 0.6) is 0 Å². The number of carbonyl (C=O) groups excluding carboxylic acids is 2. The average molecular weight is 302 g/mol. The molecule has 2 aromatic rings. The highest BCUT2D eigenvalue weighted by molar-refractivity contribution is 5.98. The molecule has 1 unspecified atom stereocenters. The fourth-order valence-electron chi connectivity index (χ4n) is 2.68. The quantitative estimate of drug-likeness (QED) is 0.910. The molecule has 0 spiro atoms. The van der Waals surface area contributed by atoms with E-state index < -0.39 is 11.5 Å². The van der Waals surface area contributed by atoms with Crippen molar-refractivity contribution < 1.29 is 18.7 Å². The summed E-state index contributed by atoms with van der Waals surface area (Å²) in [6.45, 7) is 4.35. The number of benzene rings is 1. The molecule has 1 aromatic carbocycles. The summed E-state index contributed by atoms with van der Waals surface area (Å²) in [5, 5.41) is 0.884. The van der Waals surface area contributed by atoms with Crippen molar-refractivity contribution in [2.45, 2.75) is 19.4 Å². The largest absolute Gasteiger partial charge is 0.461 e. The maximum atomic E-state index is 12.6. The number of carbonyl (C=O) groups is 2. The lowest BCUT2D eigenvalue weighted by molar-refractivity contribution is -0.150. The molecule has 2 amide bonds. The van der Waals surface area contributed by atoms with Gasteiger partial charge in [-0.3, -0.25) is 9.59 Å². The van der Waals surface area contributed by atoms with E-state index in [1.165, 1.54) is 0 Å². The Kier molecular flexibility index (Phi) is 3.41. The normalized spacial score (nSPS) is 22.0. The Hall–Kier alpha value is -2.34. The molecule has 116 valence electrons. The van der Waals surface area contributed by atoms with Crippen molar-refractivity contribution in [1.82, 2.24) is 4.90 Å². The molecule has 2 heterocycles. The third kappa shape index (κ3) is 2.46. The van der Waals surface area contributed by atoms with E-state index in [1.54, 1.807) is 30.0 Å². The predicted octanol–water partition coefficient (Wildman–Crippen LogP) is 1.46. The smallest absolute Gasteiger partial charge is 0.254 e. The molecule has 6 nitrogen and oxygen atoms in total. The van der Waals surface area contributed by atoms with Gasteiger partial charge in [-0.05, 0) is 38.1 Å². The summed E-state index contributed by atoms with van der Waals surface area (Å²) in [5.41, 5.74) is 5.54. The van der Waals surface area contributed by atoms with E-state index in [9.17, 15) is 9.59 Å². The Bertz CT molecular complexity index is 752. The van der Waals surface area contributed by atoms with Gasteiger partial charge in [0.25, 0.3) is 11.8 Å². The molecule has 0 radical (unpaired) electrons. The zero-order chi connectivity index (χ0) is 15.9. The molecule has 1 fully saturated rings. The number of aryl methyl sites for hydroxylation is 1. The first-order valence-electron chi connectivity index (χ1n) is 7.12. The Morgan fingerprint density at radius 1 is 1.32 bits per heavy atom. The summed E-state index contributed by atoms with van der Waals surface area (Å²) in [5.74, 6) is 0.0923. The lowest BCUT2D eigenvalue weighted by Gasteiger charge is -2.38. The van der Waals surface area contributed by atoms with Gasteiger partial charge in [0.2, 0.25) is 0 Å². The average Bonchev–Trinajstić information content (AvgIpc) is 2.85. The minimum Gasteiger partial charge on any atom is -0.461 e. The van der Waals surface area contributed by atoms with E-state index >= 15 is 0 Å². The maximum Gasteiger partial charge on any atom is 0.254 e. The first-order chi connectivity index (χ1) is 10.4. The van der Waals surface area contributed by atoms with E-state index in [-0.39, 0.29) is 19.1 Å². The SMILES string of the molecule is Cc1cc2cc(C(=O)N3CCOC(C)(C(N)=O)C3)ccc2o1. The molecule has 1 aromatic heterocycles. The van der Waals surface area contributed by atoms with Crippen LogP contribution in [0.4, 0.5) is 0 Å². The fourth-order valence-corrected chi connectivity index (χ4v) is 2.68. The van der Waals surface area contributed by atoms with Crippen LogP contribution in [-0.4, -0.2) is 42.0 Å². The van der Waals surface area contributed by atoms with Crippen LogP contribution < -0.4 is 5.73 Å². The van der Waals surface area contributed by atoms with Gasteiger partial charge in [-0.2, -0.15) is 0 Å². The third-order valence-electron chi connectivity index (χ3n) is 3.97. The molecule has 0 aliphatic carbocycles. The highest BCUT2D eigenvalue weighted by Crippen LogP contribution is 2.23. The maximum absolute atomic E-state index is 12.6. The number of hydrogen-bond donors (Lipinski definition) is 1. The Morgan fingerprint density at radius 3 is 2.82 bits per heavy atom. The summed E-state index contributed by atoms with van der Waals surface area (Å²) in [6, 6.07) is 7.19. The molecule has 1 aliphatic heterocycles. The monoisotopic (exact) mass is 302 g/mol. The minimum atomic E-state index is -1.13. The molecule has 3 rings (SSSR count). The number of rotatable bonds is 2. The van der Waals surface area contributed by atoms with Gasteiger partial charge >= 0.3 is 0 Å². The summed E-state index contributed by atoms with van der Waals surface area (Å²) >= 11 is 0. The topological polar surface area (TPSA) is 85.8 Å². The van der Waals surface area contributed by atoms with E-state index in [4.69, 9.17) is 14.9 Å². The zero-order valence-electron chi connectivity index (χ0n) is 12.6. The van der Waals surface area contributed by atoms with Gasteiger partial charge in [0.1, 0.15) is 11.3 Å². The summed E-state index contributed by atoms with van der Waals surface area (Å²) in [4.78, 5) is 25.8. The van der Waals surface area contributed by atoms with Gasteiger partial charge in [-0.25, -0.2) is 0 Å². The molecule has 2 N–H and O–H groups in total. The Balaban J connectivity index is 1.87. The third-order valence-corrected chi connectivity index (χ3v) is 3.97. The molecule has 1 atom stereocenters. The van der Waals surface area contributed by atoms with Crippen LogP contribution in [0.25, 0.3) is 11.0 Å². The van der Waals surface area contributed by atoms with Crippen molar-refractivity contribution in [3.05, 3.63) is 35.6 Å². The number of amides is 2. The molecular formula is C16H18N2O4. The van der Waals surface area contributed by atoms with E-state index in [2.05, 4.69) is 0 Å². The second-order valence-corrected chi connectivity index (χ2v) is 5.78. The number of furan rings is 1. The first-order valence-corrected chi connectivity index (χ1v) is 7.12. The van der Waals surface area contributed by atoms with E-state index in [1.807, 2.05) is 13.0 Å².